The summed E-state index contributed by atoms with van der Waals surface area (Å²) < 4.78 is 23.1. The van der Waals surface area contributed by atoms with Gasteiger partial charge in [-0.2, -0.15) is 0 Å². The van der Waals surface area contributed by atoms with Crippen LogP contribution in [0, 0.1) is 6.92 Å². The lowest BCUT2D eigenvalue weighted by molar-refractivity contribution is 0.594. The number of imidazole rings is 1. The molecule has 0 unspecified atom stereocenters. The maximum absolute atomic E-state index is 10.8. The molecular weight excluding hydrogens is 202 g/mol. The van der Waals surface area contributed by atoms with E-state index < -0.39 is 10.0 Å². The fourth-order valence-corrected chi connectivity index (χ4v) is 1.85. The summed E-state index contributed by atoms with van der Waals surface area (Å²) in [4.78, 5) is 3.70. The first-order valence-corrected chi connectivity index (χ1v) is 4.98. The van der Waals surface area contributed by atoms with E-state index in [4.69, 9.17) is 16.7 Å². The smallest absolute Gasteiger partial charge is 0.258 e. The van der Waals surface area contributed by atoms with Gasteiger partial charge in [-0.3, -0.25) is 0 Å². The molecule has 2 N–H and O–H groups in total. The minimum Gasteiger partial charge on any atom is -0.321 e. The first-order chi connectivity index (χ1) is 5.34. The van der Waals surface area contributed by atoms with Crippen LogP contribution in [0.25, 0.3) is 0 Å². The third-order valence-electron chi connectivity index (χ3n) is 1.49. The molecule has 12 heavy (non-hydrogen) atoms. The number of primary sulfonamides is 1. The van der Waals surface area contributed by atoms with Crippen LogP contribution < -0.4 is 5.14 Å². The molecular formula is C5H8ClN3O2S. The largest absolute Gasteiger partial charge is 0.321 e. The Kier molecular flexibility index (Phi) is 2.15. The number of sulfonamides is 1. The highest BCUT2D eigenvalue weighted by Crippen LogP contribution is 2.19. The molecule has 0 atom stereocenters. The predicted molar refractivity (Wildman–Crippen MR) is 44.3 cm³/mol. The minimum atomic E-state index is -3.80. The number of nitrogens with zero attached hydrogens (tertiary/aromatic N) is 2. The molecule has 0 radical (unpaired) electrons. The molecule has 1 heterocycles. The second kappa shape index (κ2) is 2.72. The van der Waals surface area contributed by atoms with Gasteiger partial charge in [-0.1, -0.05) is 11.6 Å². The maximum Gasteiger partial charge on any atom is 0.258 e. The van der Waals surface area contributed by atoms with E-state index in [2.05, 4.69) is 4.98 Å². The van der Waals surface area contributed by atoms with Crippen molar-refractivity contribution in [2.24, 2.45) is 12.2 Å². The van der Waals surface area contributed by atoms with Gasteiger partial charge < -0.3 is 4.57 Å². The van der Waals surface area contributed by atoms with Crippen molar-refractivity contribution in [3.8, 4) is 0 Å². The number of rotatable bonds is 1. The van der Waals surface area contributed by atoms with E-state index in [0.717, 1.165) is 0 Å². The van der Waals surface area contributed by atoms with E-state index in [1.165, 1.54) is 4.57 Å². The first kappa shape index (κ1) is 9.50. The Bertz CT molecular complexity index is 409. The van der Waals surface area contributed by atoms with Crippen LogP contribution in [0.2, 0.25) is 5.15 Å². The van der Waals surface area contributed by atoms with Crippen molar-refractivity contribution in [3.63, 3.8) is 0 Å². The van der Waals surface area contributed by atoms with Crippen molar-refractivity contribution in [2.75, 3.05) is 0 Å². The van der Waals surface area contributed by atoms with Crippen LogP contribution in [0.3, 0.4) is 0 Å². The van der Waals surface area contributed by atoms with Gasteiger partial charge in [0.05, 0.1) is 0 Å². The molecule has 7 heteroatoms. The molecule has 0 bridgehead atoms. The number of aryl methyl sites for hydroxylation is 1. The molecule has 1 rings (SSSR count). The van der Waals surface area contributed by atoms with Crippen molar-refractivity contribution in [2.45, 2.75) is 11.9 Å². The van der Waals surface area contributed by atoms with Crippen molar-refractivity contribution in [3.05, 3.63) is 11.0 Å². The van der Waals surface area contributed by atoms with Crippen LogP contribution in [-0.4, -0.2) is 18.0 Å². The molecule has 0 spiro atoms. The van der Waals surface area contributed by atoms with Crippen LogP contribution >= 0.6 is 11.6 Å². The summed E-state index contributed by atoms with van der Waals surface area (Å²) in [6, 6.07) is 0. The van der Waals surface area contributed by atoms with Crippen molar-refractivity contribution < 1.29 is 8.42 Å². The number of hydrogen-bond donors (Lipinski definition) is 1. The van der Waals surface area contributed by atoms with Gasteiger partial charge in [0.15, 0.2) is 0 Å². The Balaban J connectivity index is 3.48. The average molecular weight is 210 g/mol. The van der Waals surface area contributed by atoms with E-state index in [-0.39, 0.29) is 10.2 Å². The number of hydrogen-bond acceptors (Lipinski definition) is 3. The molecule has 0 aliphatic heterocycles. The summed E-state index contributed by atoms with van der Waals surface area (Å²) in [6.07, 6.45) is 0. The topological polar surface area (TPSA) is 78.0 Å². The molecule has 1 aromatic rings. The Morgan fingerprint density at radius 2 is 2.08 bits per heavy atom. The highest BCUT2D eigenvalue weighted by molar-refractivity contribution is 7.89. The second-order valence-electron chi connectivity index (χ2n) is 2.36. The molecule has 5 nitrogen and oxygen atoms in total. The molecule has 0 aliphatic carbocycles. The lowest BCUT2D eigenvalue weighted by Crippen LogP contribution is -2.13. The van der Waals surface area contributed by atoms with Crippen molar-refractivity contribution >= 4 is 21.6 Å². The summed E-state index contributed by atoms with van der Waals surface area (Å²) in [6.45, 7) is 1.64. The zero-order chi connectivity index (χ0) is 9.52. The van der Waals surface area contributed by atoms with E-state index in [1.54, 1.807) is 14.0 Å². The van der Waals surface area contributed by atoms with E-state index in [0.29, 0.717) is 5.82 Å². The van der Waals surface area contributed by atoms with Gasteiger partial charge in [0.2, 0.25) is 5.03 Å². The fourth-order valence-electron chi connectivity index (χ4n) is 0.735. The van der Waals surface area contributed by atoms with Crippen molar-refractivity contribution in [1.29, 1.82) is 0 Å². The zero-order valence-corrected chi connectivity index (χ0v) is 8.15. The number of nitrogens with two attached hydrogens (primary N) is 1. The predicted octanol–water partition coefficient (Wildman–Crippen LogP) is 0.0293. The molecule has 0 fully saturated rings. The number of halogens is 1. The van der Waals surface area contributed by atoms with Crippen LogP contribution in [-0.2, 0) is 17.1 Å². The van der Waals surface area contributed by atoms with E-state index in [9.17, 15) is 8.42 Å². The summed E-state index contributed by atoms with van der Waals surface area (Å²) in [7, 11) is -2.19. The minimum absolute atomic E-state index is 0.0370. The summed E-state index contributed by atoms with van der Waals surface area (Å²) >= 11 is 5.64. The molecule has 1 aromatic heterocycles. The highest BCUT2D eigenvalue weighted by Gasteiger charge is 2.19. The van der Waals surface area contributed by atoms with Gasteiger partial charge in [0, 0.05) is 7.05 Å². The van der Waals surface area contributed by atoms with Gasteiger partial charge in [0.25, 0.3) is 10.0 Å². The molecule has 0 amide bonds. The Morgan fingerprint density at radius 3 is 2.25 bits per heavy atom. The third-order valence-corrected chi connectivity index (χ3v) is 2.86. The monoisotopic (exact) mass is 209 g/mol. The quantitative estimate of drug-likeness (QED) is 0.709. The highest BCUT2D eigenvalue weighted by atomic mass is 35.5. The van der Waals surface area contributed by atoms with Crippen LogP contribution in [0.5, 0.6) is 0 Å². The standard InChI is InChI=1S/C5H8ClN3O2S/c1-3-8-5(12(7,10)11)4(6)9(3)2/h1-2H3,(H2,7,10,11). The molecule has 0 saturated carbocycles. The lowest BCUT2D eigenvalue weighted by Gasteiger charge is -1.94. The molecule has 0 saturated heterocycles. The fraction of sp³-hybridized carbons (Fsp3) is 0.400. The zero-order valence-electron chi connectivity index (χ0n) is 6.57. The average Bonchev–Trinajstić information content (AvgIpc) is 2.15. The van der Waals surface area contributed by atoms with Gasteiger partial charge in [0.1, 0.15) is 11.0 Å². The van der Waals surface area contributed by atoms with Gasteiger partial charge in [-0.25, -0.2) is 18.5 Å². The van der Waals surface area contributed by atoms with Crippen molar-refractivity contribution in [1.82, 2.24) is 9.55 Å². The molecule has 68 valence electrons. The number of aromatic nitrogens is 2. The van der Waals surface area contributed by atoms with Gasteiger partial charge in [-0.15, -0.1) is 0 Å². The van der Waals surface area contributed by atoms with Crippen LogP contribution in [0.1, 0.15) is 5.82 Å². The van der Waals surface area contributed by atoms with Crippen LogP contribution in [0.4, 0.5) is 0 Å². The van der Waals surface area contributed by atoms with E-state index in [1.807, 2.05) is 0 Å². The van der Waals surface area contributed by atoms with Crippen LogP contribution in [0.15, 0.2) is 5.03 Å². The lowest BCUT2D eigenvalue weighted by atomic mass is 10.7. The normalized spacial score (nSPS) is 12.0. The Morgan fingerprint density at radius 1 is 1.58 bits per heavy atom. The first-order valence-electron chi connectivity index (χ1n) is 3.05. The van der Waals surface area contributed by atoms with Gasteiger partial charge in [-0.05, 0) is 6.92 Å². The molecule has 0 aliphatic rings. The SMILES string of the molecule is Cc1nc(S(N)(=O)=O)c(Cl)n1C. The van der Waals surface area contributed by atoms with Gasteiger partial charge >= 0.3 is 0 Å². The third kappa shape index (κ3) is 1.45. The summed E-state index contributed by atoms with van der Waals surface area (Å²) in [5, 5.41) is 4.61. The summed E-state index contributed by atoms with van der Waals surface area (Å²) in [5.74, 6) is 0.504. The summed E-state index contributed by atoms with van der Waals surface area (Å²) in [5.41, 5.74) is 0. The maximum atomic E-state index is 10.8. The molecule has 0 aromatic carbocycles. The second-order valence-corrected chi connectivity index (χ2v) is 4.19. The Labute approximate surface area is 75.2 Å². The van der Waals surface area contributed by atoms with E-state index >= 15 is 0 Å². The Hall–Kier alpha value is -0.590.